The fourth-order valence-electron chi connectivity index (χ4n) is 1.78. The fraction of sp³-hybridized carbons (Fsp3) is 0.412. The molecule has 0 saturated heterocycles. The predicted molar refractivity (Wildman–Crippen MR) is 85.6 cm³/mol. The molecule has 1 aromatic rings. The van der Waals surface area contributed by atoms with E-state index in [2.05, 4.69) is 26.1 Å². The lowest BCUT2D eigenvalue weighted by atomic mass is 9.87. The van der Waals surface area contributed by atoms with Gasteiger partial charge in [-0.15, -0.1) is 0 Å². The summed E-state index contributed by atoms with van der Waals surface area (Å²) in [5, 5.41) is 12.0. The molecule has 1 N–H and O–H groups in total. The molecule has 0 saturated carbocycles. The number of ether oxygens (including phenoxy) is 2. The Morgan fingerprint density at radius 1 is 1.41 bits per heavy atom. The Morgan fingerprint density at radius 3 is 2.59 bits per heavy atom. The van der Waals surface area contributed by atoms with Gasteiger partial charge in [-0.2, -0.15) is 5.26 Å². The van der Waals surface area contributed by atoms with Crippen molar-refractivity contribution in [3.8, 4) is 11.8 Å². The highest BCUT2D eigenvalue weighted by Crippen LogP contribution is 2.31. The zero-order valence-corrected chi connectivity index (χ0v) is 13.7. The van der Waals surface area contributed by atoms with Crippen molar-refractivity contribution < 1.29 is 14.3 Å². The van der Waals surface area contributed by atoms with Crippen LogP contribution in [0, 0.1) is 11.3 Å². The third-order valence-corrected chi connectivity index (χ3v) is 3.05. The van der Waals surface area contributed by atoms with Gasteiger partial charge in [-0.1, -0.05) is 26.8 Å². The molecule has 0 bridgehead atoms. The lowest BCUT2D eigenvalue weighted by molar-refractivity contribution is -0.138. The van der Waals surface area contributed by atoms with Crippen molar-refractivity contribution in [2.45, 2.75) is 33.1 Å². The Balaban J connectivity index is 3.10. The summed E-state index contributed by atoms with van der Waals surface area (Å²) >= 11 is 0. The van der Waals surface area contributed by atoms with E-state index in [1.165, 1.54) is 6.20 Å². The van der Waals surface area contributed by atoms with Gasteiger partial charge in [0, 0.05) is 6.20 Å². The van der Waals surface area contributed by atoms with Gasteiger partial charge in [0.1, 0.15) is 11.8 Å². The van der Waals surface area contributed by atoms with E-state index in [1.807, 2.05) is 24.3 Å². The Bertz CT molecular complexity index is 607. The van der Waals surface area contributed by atoms with E-state index in [0.717, 1.165) is 5.56 Å². The minimum absolute atomic E-state index is 0.0222. The van der Waals surface area contributed by atoms with E-state index in [9.17, 15) is 4.79 Å². The molecule has 5 nitrogen and oxygen atoms in total. The molecule has 0 atom stereocenters. The molecular weight excluding hydrogens is 280 g/mol. The van der Waals surface area contributed by atoms with Gasteiger partial charge in [0.05, 0.1) is 19.4 Å². The van der Waals surface area contributed by atoms with Crippen LogP contribution in [0.1, 0.15) is 33.3 Å². The molecule has 0 amide bonds. The molecule has 0 radical (unpaired) electrons. The van der Waals surface area contributed by atoms with E-state index in [-0.39, 0.29) is 17.6 Å². The van der Waals surface area contributed by atoms with Crippen LogP contribution in [0.4, 0.5) is 5.69 Å². The first-order chi connectivity index (χ1) is 10.3. The number of esters is 1. The van der Waals surface area contributed by atoms with Crippen LogP contribution < -0.4 is 10.1 Å². The maximum absolute atomic E-state index is 11.6. The molecule has 0 aliphatic heterocycles. The Labute approximate surface area is 131 Å². The SMILES string of the molecule is CCOC(=O)/C(C#N)=C/Nc1cc(C(C)(C)C)ccc1OC. The summed E-state index contributed by atoms with van der Waals surface area (Å²) in [5.41, 5.74) is 1.68. The summed E-state index contributed by atoms with van der Waals surface area (Å²) in [6.07, 6.45) is 1.34. The van der Waals surface area contributed by atoms with E-state index in [1.54, 1.807) is 14.0 Å². The number of methoxy groups -OCH3 is 1. The zero-order valence-electron chi connectivity index (χ0n) is 13.7. The molecule has 0 aliphatic carbocycles. The number of carbonyl (C=O) groups excluding carboxylic acids is 1. The van der Waals surface area contributed by atoms with Crippen LogP contribution in [0.25, 0.3) is 0 Å². The van der Waals surface area contributed by atoms with Gasteiger partial charge in [-0.3, -0.25) is 0 Å². The standard InChI is InChI=1S/C17H22N2O3/c1-6-22-16(20)12(10-18)11-19-14-9-13(17(2,3)4)7-8-15(14)21-5/h7-9,11,19H,6H2,1-5H3/b12-11+. The summed E-state index contributed by atoms with van der Waals surface area (Å²) in [4.78, 5) is 11.6. The quantitative estimate of drug-likeness (QED) is 0.513. The van der Waals surface area contributed by atoms with Crippen molar-refractivity contribution in [2.24, 2.45) is 0 Å². The van der Waals surface area contributed by atoms with Gasteiger partial charge in [0.2, 0.25) is 0 Å². The summed E-state index contributed by atoms with van der Waals surface area (Å²) < 4.78 is 10.1. The minimum atomic E-state index is -0.650. The summed E-state index contributed by atoms with van der Waals surface area (Å²) in [6, 6.07) is 7.61. The minimum Gasteiger partial charge on any atom is -0.495 e. The van der Waals surface area contributed by atoms with Crippen LogP contribution >= 0.6 is 0 Å². The topological polar surface area (TPSA) is 71.4 Å². The molecule has 0 aromatic heterocycles. The molecule has 0 spiro atoms. The normalized spacial score (nSPS) is 11.5. The highest BCUT2D eigenvalue weighted by Gasteiger charge is 2.16. The molecule has 1 rings (SSSR count). The summed E-state index contributed by atoms with van der Waals surface area (Å²) in [7, 11) is 1.57. The smallest absolute Gasteiger partial charge is 0.350 e. The van der Waals surface area contributed by atoms with E-state index < -0.39 is 5.97 Å². The molecule has 0 fully saturated rings. The zero-order chi connectivity index (χ0) is 16.8. The van der Waals surface area contributed by atoms with Crippen LogP contribution in [-0.4, -0.2) is 19.7 Å². The summed E-state index contributed by atoms with van der Waals surface area (Å²) in [6.45, 7) is 8.23. The van der Waals surface area contributed by atoms with Gasteiger partial charge in [0.15, 0.2) is 5.57 Å². The number of carbonyl (C=O) groups is 1. The first-order valence-corrected chi connectivity index (χ1v) is 7.06. The number of hydrogen-bond donors (Lipinski definition) is 1. The number of anilines is 1. The number of hydrogen-bond acceptors (Lipinski definition) is 5. The lowest BCUT2D eigenvalue weighted by Crippen LogP contribution is -2.12. The Hall–Kier alpha value is -2.48. The van der Waals surface area contributed by atoms with Crippen molar-refractivity contribution in [3.63, 3.8) is 0 Å². The van der Waals surface area contributed by atoms with Gasteiger partial charge in [0.25, 0.3) is 0 Å². The maximum Gasteiger partial charge on any atom is 0.350 e. The molecule has 118 valence electrons. The molecule has 1 aromatic carbocycles. The maximum atomic E-state index is 11.6. The molecule has 22 heavy (non-hydrogen) atoms. The number of rotatable bonds is 5. The molecule has 0 aliphatic rings. The largest absolute Gasteiger partial charge is 0.495 e. The Morgan fingerprint density at radius 2 is 2.09 bits per heavy atom. The highest BCUT2D eigenvalue weighted by molar-refractivity contribution is 5.93. The number of nitrogens with one attached hydrogen (secondary N) is 1. The second-order valence-electron chi connectivity index (χ2n) is 5.70. The number of nitrogens with zero attached hydrogens (tertiary/aromatic N) is 1. The second-order valence-corrected chi connectivity index (χ2v) is 5.70. The third-order valence-electron chi connectivity index (χ3n) is 3.05. The fourth-order valence-corrected chi connectivity index (χ4v) is 1.78. The van der Waals surface area contributed by atoms with Gasteiger partial charge < -0.3 is 14.8 Å². The number of benzene rings is 1. The van der Waals surface area contributed by atoms with Crippen molar-refractivity contribution in [3.05, 3.63) is 35.5 Å². The van der Waals surface area contributed by atoms with E-state index >= 15 is 0 Å². The average molecular weight is 302 g/mol. The van der Waals surface area contributed by atoms with Crippen LogP contribution in [0.15, 0.2) is 30.0 Å². The van der Waals surface area contributed by atoms with Gasteiger partial charge >= 0.3 is 5.97 Å². The van der Waals surface area contributed by atoms with Crippen LogP contribution in [0.2, 0.25) is 0 Å². The second kappa shape index (κ2) is 7.51. The van der Waals surface area contributed by atoms with Crippen molar-refractivity contribution in [1.29, 1.82) is 5.26 Å². The predicted octanol–water partition coefficient (Wildman–Crippen LogP) is 3.38. The van der Waals surface area contributed by atoms with Crippen LogP contribution in [-0.2, 0) is 14.9 Å². The average Bonchev–Trinajstić information content (AvgIpc) is 2.47. The first kappa shape index (κ1) is 17.6. The molecule has 0 heterocycles. The summed E-state index contributed by atoms with van der Waals surface area (Å²) in [5.74, 6) is -0.0196. The molecule has 5 heteroatoms. The third kappa shape index (κ3) is 4.52. The van der Waals surface area contributed by atoms with Crippen molar-refractivity contribution in [1.82, 2.24) is 0 Å². The van der Waals surface area contributed by atoms with Crippen molar-refractivity contribution >= 4 is 11.7 Å². The monoisotopic (exact) mass is 302 g/mol. The van der Waals surface area contributed by atoms with Gasteiger partial charge in [-0.25, -0.2) is 4.79 Å². The lowest BCUT2D eigenvalue weighted by Gasteiger charge is -2.21. The van der Waals surface area contributed by atoms with Crippen LogP contribution in [0.3, 0.4) is 0 Å². The van der Waals surface area contributed by atoms with Crippen molar-refractivity contribution in [2.75, 3.05) is 19.0 Å². The number of nitriles is 1. The first-order valence-electron chi connectivity index (χ1n) is 7.06. The van der Waals surface area contributed by atoms with Gasteiger partial charge in [-0.05, 0) is 30.0 Å². The molecular formula is C17H22N2O3. The van der Waals surface area contributed by atoms with E-state index in [0.29, 0.717) is 11.4 Å². The van der Waals surface area contributed by atoms with E-state index in [4.69, 9.17) is 14.7 Å². The Kier molecular flexibility index (Phi) is 6.00. The molecule has 0 unspecified atom stereocenters. The van der Waals surface area contributed by atoms with Crippen LogP contribution in [0.5, 0.6) is 5.75 Å². The highest BCUT2D eigenvalue weighted by atomic mass is 16.5.